The van der Waals surface area contributed by atoms with Gasteiger partial charge in [-0.2, -0.15) is 5.10 Å². The number of carbonyl (C=O) groups excluding carboxylic acids is 2. The van der Waals surface area contributed by atoms with E-state index in [9.17, 15) is 18.4 Å². The van der Waals surface area contributed by atoms with Gasteiger partial charge in [0.2, 0.25) is 5.91 Å². The Labute approximate surface area is 159 Å². The minimum absolute atomic E-state index is 0.0222. The Morgan fingerprint density at radius 2 is 1.79 bits per heavy atom. The van der Waals surface area contributed by atoms with Gasteiger partial charge in [-0.25, -0.2) is 13.5 Å². The monoisotopic (exact) mass is 382 g/mol. The van der Waals surface area contributed by atoms with Crippen molar-refractivity contribution in [3.05, 3.63) is 72.1 Å². The Hall–Kier alpha value is -3.55. The van der Waals surface area contributed by atoms with Gasteiger partial charge < -0.3 is 10.6 Å². The molecule has 0 radical (unpaired) electrons. The van der Waals surface area contributed by atoms with Crippen LogP contribution < -0.4 is 10.6 Å². The molecule has 0 unspecified atom stereocenters. The van der Waals surface area contributed by atoms with Crippen molar-refractivity contribution in [1.29, 1.82) is 0 Å². The van der Waals surface area contributed by atoms with Gasteiger partial charge >= 0.3 is 0 Å². The molecule has 8 heteroatoms. The van der Waals surface area contributed by atoms with Crippen LogP contribution in [0.2, 0.25) is 0 Å². The number of hydrogen-bond acceptors (Lipinski definition) is 3. The van der Waals surface area contributed by atoms with Crippen LogP contribution >= 0.6 is 0 Å². The van der Waals surface area contributed by atoms with Crippen molar-refractivity contribution in [3.63, 3.8) is 0 Å². The molecular weight excluding hydrogens is 366 g/mol. The lowest BCUT2D eigenvalue weighted by atomic mass is 10.2. The molecule has 0 bridgehead atoms. The SMILES string of the molecule is O=C(Nc1cccc(NC(=O)C2CC2)c1)c1cnn(-c2ccc(F)cc2F)c1. The van der Waals surface area contributed by atoms with Crippen molar-refractivity contribution >= 4 is 23.2 Å². The van der Waals surface area contributed by atoms with Crippen molar-refractivity contribution in [3.8, 4) is 5.69 Å². The van der Waals surface area contributed by atoms with Gasteiger partial charge in [0.05, 0.1) is 11.8 Å². The summed E-state index contributed by atoms with van der Waals surface area (Å²) in [5.41, 5.74) is 1.33. The molecular formula is C20H16F2N4O2. The standard InChI is InChI=1S/C20H16F2N4O2/c21-14-6-7-18(17(22)8-14)26-11-13(10-23-26)20(28)25-16-3-1-2-15(9-16)24-19(27)12-4-5-12/h1-3,6-12H,4-5H2,(H,24,27)(H,25,28). The summed E-state index contributed by atoms with van der Waals surface area (Å²) in [5.74, 6) is -1.87. The summed E-state index contributed by atoms with van der Waals surface area (Å²) >= 11 is 0. The normalized spacial score (nSPS) is 13.2. The zero-order valence-corrected chi connectivity index (χ0v) is 14.7. The molecule has 1 aliphatic rings. The average molecular weight is 382 g/mol. The van der Waals surface area contributed by atoms with E-state index in [-0.39, 0.29) is 23.1 Å². The Morgan fingerprint density at radius 1 is 1.04 bits per heavy atom. The van der Waals surface area contributed by atoms with Crippen molar-refractivity contribution < 1.29 is 18.4 Å². The Morgan fingerprint density at radius 3 is 2.50 bits per heavy atom. The third kappa shape index (κ3) is 3.90. The molecule has 2 amide bonds. The van der Waals surface area contributed by atoms with E-state index in [0.717, 1.165) is 29.7 Å². The quantitative estimate of drug-likeness (QED) is 0.706. The first kappa shape index (κ1) is 17.8. The number of carbonyl (C=O) groups is 2. The summed E-state index contributed by atoms with van der Waals surface area (Å²) in [6.07, 6.45) is 4.45. The molecule has 2 N–H and O–H groups in total. The average Bonchev–Trinajstić information content (AvgIpc) is 3.40. The zero-order chi connectivity index (χ0) is 19.7. The van der Waals surface area contributed by atoms with Gasteiger partial charge in [0.25, 0.3) is 5.91 Å². The number of nitrogens with zero attached hydrogens (tertiary/aromatic N) is 2. The summed E-state index contributed by atoms with van der Waals surface area (Å²) in [7, 11) is 0. The highest BCUT2D eigenvalue weighted by Crippen LogP contribution is 2.30. The fourth-order valence-electron chi connectivity index (χ4n) is 2.71. The highest BCUT2D eigenvalue weighted by atomic mass is 19.1. The van der Waals surface area contributed by atoms with Crippen LogP contribution in [0.4, 0.5) is 20.2 Å². The van der Waals surface area contributed by atoms with Gasteiger partial charge in [-0.15, -0.1) is 0 Å². The van der Waals surface area contributed by atoms with E-state index in [0.29, 0.717) is 11.4 Å². The topological polar surface area (TPSA) is 76.0 Å². The fourth-order valence-corrected chi connectivity index (χ4v) is 2.71. The van der Waals surface area contributed by atoms with Crippen LogP contribution in [0.5, 0.6) is 0 Å². The molecule has 1 saturated carbocycles. The molecule has 6 nitrogen and oxygen atoms in total. The minimum atomic E-state index is -0.783. The third-order valence-electron chi connectivity index (χ3n) is 4.34. The molecule has 1 heterocycles. The Balaban J connectivity index is 1.47. The first-order chi connectivity index (χ1) is 13.5. The van der Waals surface area contributed by atoms with Gasteiger partial charge in [0.15, 0.2) is 5.82 Å². The second kappa shape index (κ2) is 7.22. The van der Waals surface area contributed by atoms with Crippen molar-refractivity contribution in [2.45, 2.75) is 12.8 Å². The summed E-state index contributed by atoms with van der Waals surface area (Å²) in [6.45, 7) is 0. The number of halogens is 2. The van der Waals surface area contributed by atoms with Gasteiger partial charge in [-0.1, -0.05) is 6.07 Å². The smallest absolute Gasteiger partial charge is 0.258 e. The fraction of sp³-hybridized carbons (Fsp3) is 0.150. The van der Waals surface area contributed by atoms with Crippen LogP contribution in [-0.2, 0) is 4.79 Å². The predicted molar refractivity (Wildman–Crippen MR) is 99.2 cm³/mol. The number of anilines is 2. The molecule has 1 fully saturated rings. The molecule has 0 saturated heterocycles. The summed E-state index contributed by atoms with van der Waals surface area (Å²) in [6, 6.07) is 9.91. The largest absolute Gasteiger partial charge is 0.326 e. The summed E-state index contributed by atoms with van der Waals surface area (Å²) in [5, 5.41) is 9.48. The first-order valence-electron chi connectivity index (χ1n) is 8.72. The van der Waals surface area contributed by atoms with E-state index in [1.165, 1.54) is 18.5 Å². The predicted octanol–water partition coefficient (Wildman–Crippen LogP) is 3.75. The molecule has 0 spiro atoms. The van der Waals surface area contributed by atoms with Gasteiger partial charge in [0.1, 0.15) is 11.5 Å². The van der Waals surface area contributed by atoms with Crippen molar-refractivity contribution in [2.75, 3.05) is 10.6 Å². The van der Waals surface area contributed by atoms with E-state index in [2.05, 4.69) is 15.7 Å². The first-order valence-corrected chi connectivity index (χ1v) is 8.72. The highest BCUT2D eigenvalue weighted by Gasteiger charge is 2.29. The lowest BCUT2D eigenvalue weighted by Crippen LogP contribution is -2.14. The van der Waals surface area contributed by atoms with E-state index in [1.54, 1.807) is 24.3 Å². The van der Waals surface area contributed by atoms with Crippen LogP contribution in [0.3, 0.4) is 0 Å². The van der Waals surface area contributed by atoms with E-state index in [4.69, 9.17) is 0 Å². The van der Waals surface area contributed by atoms with Gasteiger partial charge in [-0.05, 0) is 43.2 Å². The van der Waals surface area contributed by atoms with Crippen LogP contribution in [0.1, 0.15) is 23.2 Å². The summed E-state index contributed by atoms with van der Waals surface area (Å²) < 4.78 is 28.1. The maximum Gasteiger partial charge on any atom is 0.258 e. The molecule has 0 atom stereocenters. The molecule has 142 valence electrons. The number of nitrogens with one attached hydrogen (secondary N) is 2. The minimum Gasteiger partial charge on any atom is -0.326 e. The van der Waals surface area contributed by atoms with Gasteiger partial charge in [-0.3, -0.25) is 9.59 Å². The second-order valence-electron chi connectivity index (χ2n) is 6.57. The molecule has 3 aromatic rings. The lowest BCUT2D eigenvalue weighted by Gasteiger charge is -2.08. The van der Waals surface area contributed by atoms with E-state index >= 15 is 0 Å². The maximum absolute atomic E-state index is 13.9. The number of aromatic nitrogens is 2. The van der Waals surface area contributed by atoms with Crippen molar-refractivity contribution in [1.82, 2.24) is 9.78 Å². The number of hydrogen-bond donors (Lipinski definition) is 2. The zero-order valence-electron chi connectivity index (χ0n) is 14.7. The van der Waals surface area contributed by atoms with Crippen LogP contribution in [0.25, 0.3) is 5.69 Å². The molecule has 1 aromatic heterocycles. The molecule has 0 aliphatic heterocycles. The lowest BCUT2D eigenvalue weighted by molar-refractivity contribution is -0.117. The van der Waals surface area contributed by atoms with Crippen LogP contribution in [0.15, 0.2) is 54.9 Å². The molecule has 28 heavy (non-hydrogen) atoms. The number of rotatable bonds is 5. The van der Waals surface area contributed by atoms with E-state index in [1.807, 2.05) is 0 Å². The second-order valence-corrected chi connectivity index (χ2v) is 6.57. The Bertz CT molecular complexity index is 1060. The molecule has 4 rings (SSSR count). The van der Waals surface area contributed by atoms with E-state index < -0.39 is 17.5 Å². The summed E-state index contributed by atoms with van der Waals surface area (Å²) in [4.78, 5) is 24.3. The molecule has 2 aromatic carbocycles. The Kier molecular flexibility index (Phi) is 4.60. The maximum atomic E-state index is 13.9. The third-order valence-corrected chi connectivity index (χ3v) is 4.34. The van der Waals surface area contributed by atoms with Crippen molar-refractivity contribution in [2.24, 2.45) is 5.92 Å². The number of amides is 2. The highest BCUT2D eigenvalue weighted by molar-refractivity contribution is 6.04. The van der Waals surface area contributed by atoms with Crippen LogP contribution in [0, 0.1) is 17.6 Å². The van der Waals surface area contributed by atoms with Gasteiger partial charge in [0, 0.05) is 29.6 Å². The van der Waals surface area contributed by atoms with Crippen LogP contribution in [-0.4, -0.2) is 21.6 Å². The molecule has 1 aliphatic carbocycles. The number of benzene rings is 2.